The van der Waals surface area contributed by atoms with Gasteiger partial charge in [-0.1, -0.05) is 11.6 Å². The second-order valence-electron chi connectivity index (χ2n) is 1.39. The average molecular weight is 208 g/mol. The normalized spacial score (nSPS) is 9.56. The molecular formula is C4H3BrClN3. The van der Waals surface area contributed by atoms with E-state index in [0.717, 1.165) is 0 Å². The van der Waals surface area contributed by atoms with Crippen molar-refractivity contribution in [3.63, 3.8) is 0 Å². The third-order valence-electron chi connectivity index (χ3n) is 0.771. The van der Waals surface area contributed by atoms with Crippen molar-refractivity contribution >= 4 is 33.3 Å². The van der Waals surface area contributed by atoms with Crippen molar-refractivity contribution in [1.29, 1.82) is 0 Å². The predicted octanol–water partition coefficient (Wildman–Crippen LogP) is 1.47. The third kappa shape index (κ3) is 1.31. The molecule has 1 rings (SSSR count). The van der Waals surface area contributed by atoms with Crippen LogP contribution in [0.15, 0.2) is 10.7 Å². The Morgan fingerprint density at radius 1 is 1.67 bits per heavy atom. The number of halogens is 2. The lowest BCUT2D eigenvalue weighted by molar-refractivity contribution is 1.04. The lowest BCUT2D eigenvalue weighted by atomic mass is 10.5. The number of hydrogen-bond donors (Lipinski definition) is 1. The van der Waals surface area contributed by atoms with Gasteiger partial charge < -0.3 is 5.73 Å². The minimum atomic E-state index is 0.308. The van der Waals surface area contributed by atoms with Crippen molar-refractivity contribution < 1.29 is 0 Å². The quantitative estimate of drug-likeness (QED) is 0.702. The maximum Gasteiger partial charge on any atom is 0.161 e. The Bertz CT molecular complexity index is 207. The molecule has 0 spiro atoms. The van der Waals surface area contributed by atoms with Crippen LogP contribution >= 0.6 is 27.5 Å². The minimum Gasteiger partial charge on any atom is -0.381 e. The number of hydrogen-bond acceptors (Lipinski definition) is 3. The summed E-state index contributed by atoms with van der Waals surface area (Å²) < 4.78 is 0.596. The molecule has 3 nitrogen and oxygen atoms in total. The first kappa shape index (κ1) is 6.77. The van der Waals surface area contributed by atoms with Crippen LogP contribution < -0.4 is 5.73 Å². The zero-order chi connectivity index (χ0) is 6.85. The smallest absolute Gasteiger partial charge is 0.161 e. The second-order valence-corrected chi connectivity index (χ2v) is 2.59. The van der Waals surface area contributed by atoms with Gasteiger partial charge in [-0.25, -0.2) is 0 Å². The Balaban J connectivity index is 3.25. The van der Waals surface area contributed by atoms with E-state index < -0.39 is 0 Å². The van der Waals surface area contributed by atoms with Crippen LogP contribution in [0.3, 0.4) is 0 Å². The van der Waals surface area contributed by atoms with Crippen molar-refractivity contribution in [3.8, 4) is 0 Å². The highest BCUT2D eigenvalue weighted by Crippen LogP contribution is 2.24. The molecule has 9 heavy (non-hydrogen) atoms. The first-order chi connectivity index (χ1) is 4.22. The summed E-state index contributed by atoms with van der Waals surface area (Å²) in [5.74, 6) is 0.308. The van der Waals surface area contributed by atoms with Crippen molar-refractivity contribution in [1.82, 2.24) is 10.2 Å². The van der Waals surface area contributed by atoms with Crippen molar-refractivity contribution in [2.45, 2.75) is 0 Å². The molecule has 1 aromatic heterocycles. The summed E-state index contributed by atoms with van der Waals surface area (Å²) >= 11 is 8.70. The lowest BCUT2D eigenvalue weighted by Crippen LogP contribution is -1.93. The second kappa shape index (κ2) is 2.49. The van der Waals surface area contributed by atoms with E-state index in [4.69, 9.17) is 17.3 Å². The van der Waals surface area contributed by atoms with Crippen molar-refractivity contribution in [2.24, 2.45) is 0 Å². The molecule has 0 aliphatic rings. The summed E-state index contributed by atoms with van der Waals surface area (Å²) in [5.41, 5.74) is 5.32. The molecule has 0 aliphatic heterocycles. The highest BCUT2D eigenvalue weighted by molar-refractivity contribution is 9.10. The van der Waals surface area contributed by atoms with Gasteiger partial charge in [-0.05, 0) is 15.9 Å². The van der Waals surface area contributed by atoms with Gasteiger partial charge in [-0.3, -0.25) is 0 Å². The van der Waals surface area contributed by atoms with Gasteiger partial charge in [-0.2, -0.15) is 5.10 Å². The van der Waals surface area contributed by atoms with E-state index in [1.165, 1.54) is 6.20 Å². The summed E-state index contributed by atoms with van der Waals surface area (Å²) in [5, 5.41) is 7.52. The molecule has 1 heterocycles. The minimum absolute atomic E-state index is 0.308. The Kier molecular flexibility index (Phi) is 1.87. The molecule has 2 N–H and O–H groups in total. The van der Waals surface area contributed by atoms with Crippen molar-refractivity contribution in [2.75, 3.05) is 5.73 Å². The summed E-state index contributed by atoms with van der Waals surface area (Å²) in [6.45, 7) is 0. The molecule has 0 fully saturated rings. The van der Waals surface area contributed by atoms with Crippen LogP contribution in [0.5, 0.6) is 0 Å². The SMILES string of the molecule is Nc1nncc(Cl)c1Br. The Labute approximate surface area is 65.3 Å². The number of rotatable bonds is 0. The van der Waals surface area contributed by atoms with Crippen LogP contribution in [-0.2, 0) is 0 Å². The highest BCUT2D eigenvalue weighted by Gasteiger charge is 2.00. The van der Waals surface area contributed by atoms with E-state index in [9.17, 15) is 0 Å². The lowest BCUT2D eigenvalue weighted by Gasteiger charge is -1.94. The zero-order valence-electron chi connectivity index (χ0n) is 4.31. The molecule has 0 radical (unpaired) electrons. The predicted molar refractivity (Wildman–Crippen MR) is 39.2 cm³/mol. The van der Waals surface area contributed by atoms with Gasteiger partial charge in [0, 0.05) is 0 Å². The van der Waals surface area contributed by atoms with E-state index in [2.05, 4.69) is 26.1 Å². The molecular weight excluding hydrogens is 205 g/mol. The molecule has 0 saturated carbocycles. The van der Waals surface area contributed by atoms with Crippen LogP contribution in [0, 0.1) is 0 Å². The standard InChI is InChI=1S/C4H3BrClN3/c5-3-2(6)1-8-9-4(3)7/h1H,(H2,7,9). The van der Waals surface area contributed by atoms with Crippen molar-refractivity contribution in [3.05, 3.63) is 15.7 Å². The summed E-state index contributed by atoms with van der Waals surface area (Å²) in [6, 6.07) is 0. The van der Waals surface area contributed by atoms with Crippen LogP contribution in [0.25, 0.3) is 0 Å². The number of anilines is 1. The Morgan fingerprint density at radius 3 is 2.78 bits per heavy atom. The van der Waals surface area contributed by atoms with Gasteiger partial charge in [-0.15, -0.1) is 5.10 Å². The molecule has 0 aromatic carbocycles. The molecule has 1 aromatic rings. The maximum absolute atomic E-state index is 5.58. The van der Waals surface area contributed by atoms with Gasteiger partial charge in [0.2, 0.25) is 0 Å². The zero-order valence-corrected chi connectivity index (χ0v) is 6.65. The summed E-state index contributed by atoms with van der Waals surface area (Å²) in [4.78, 5) is 0. The number of nitrogens with zero attached hydrogens (tertiary/aromatic N) is 2. The molecule has 5 heteroatoms. The van der Waals surface area contributed by atoms with Gasteiger partial charge in [0.1, 0.15) is 0 Å². The van der Waals surface area contributed by atoms with E-state index in [1.54, 1.807) is 0 Å². The third-order valence-corrected chi connectivity index (χ3v) is 2.12. The summed E-state index contributed by atoms with van der Waals surface area (Å²) in [6.07, 6.45) is 1.42. The fourth-order valence-corrected chi connectivity index (χ4v) is 0.687. The monoisotopic (exact) mass is 207 g/mol. The van der Waals surface area contributed by atoms with E-state index in [-0.39, 0.29) is 0 Å². The number of nitrogens with two attached hydrogens (primary N) is 1. The summed E-state index contributed by atoms with van der Waals surface area (Å²) in [7, 11) is 0. The highest BCUT2D eigenvalue weighted by atomic mass is 79.9. The van der Waals surface area contributed by atoms with Gasteiger partial charge in [0.25, 0.3) is 0 Å². The fraction of sp³-hybridized carbons (Fsp3) is 0. The molecule has 48 valence electrons. The van der Waals surface area contributed by atoms with E-state index in [0.29, 0.717) is 15.3 Å². The molecule has 0 bridgehead atoms. The van der Waals surface area contributed by atoms with E-state index >= 15 is 0 Å². The van der Waals surface area contributed by atoms with Crippen LogP contribution in [0.2, 0.25) is 5.02 Å². The average Bonchev–Trinajstić information content (AvgIpc) is 1.83. The largest absolute Gasteiger partial charge is 0.381 e. The topological polar surface area (TPSA) is 51.8 Å². The first-order valence-electron chi connectivity index (χ1n) is 2.14. The van der Waals surface area contributed by atoms with Crippen LogP contribution in [0.1, 0.15) is 0 Å². The van der Waals surface area contributed by atoms with E-state index in [1.807, 2.05) is 0 Å². The molecule has 0 saturated heterocycles. The molecule has 0 unspecified atom stereocenters. The molecule has 0 aliphatic carbocycles. The number of nitrogen functional groups attached to an aromatic ring is 1. The maximum atomic E-state index is 5.58. The molecule has 0 amide bonds. The van der Waals surface area contributed by atoms with Gasteiger partial charge >= 0.3 is 0 Å². The number of aromatic nitrogens is 2. The Morgan fingerprint density at radius 2 is 2.33 bits per heavy atom. The molecule has 0 atom stereocenters. The van der Waals surface area contributed by atoms with Crippen LogP contribution in [-0.4, -0.2) is 10.2 Å². The Hall–Kier alpha value is -0.350. The van der Waals surface area contributed by atoms with Crippen LogP contribution in [0.4, 0.5) is 5.82 Å². The first-order valence-corrected chi connectivity index (χ1v) is 3.31. The fourth-order valence-electron chi connectivity index (χ4n) is 0.365. The van der Waals surface area contributed by atoms with Gasteiger partial charge in [0.15, 0.2) is 5.82 Å². The van der Waals surface area contributed by atoms with Gasteiger partial charge in [0.05, 0.1) is 15.7 Å².